The van der Waals surface area contributed by atoms with Gasteiger partial charge in [-0.25, -0.2) is 9.59 Å². The van der Waals surface area contributed by atoms with Crippen molar-refractivity contribution < 1.29 is 19.8 Å². The van der Waals surface area contributed by atoms with Crippen molar-refractivity contribution in [2.24, 2.45) is 0 Å². The molecule has 0 aliphatic heterocycles. The van der Waals surface area contributed by atoms with Crippen LogP contribution >= 0.6 is 0 Å². The largest absolute Gasteiger partial charge is 0.478 e. The lowest BCUT2D eigenvalue weighted by atomic mass is 9.99. The number of hydrogen-bond donors (Lipinski definition) is 2. The highest BCUT2D eigenvalue weighted by Crippen LogP contribution is 2.16. The van der Waals surface area contributed by atoms with Crippen molar-refractivity contribution >= 4 is 11.9 Å². The summed E-state index contributed by atoms with van der Waals surface area (Å²) in [5.74, 6) is -2.83. The van der Waals surface area contributed by atoms with Gasteiger partial charge in [0.2, 0.25) is 0 Å². The predicted octanol–water partition coefficient (Wildman–Crippen LogP) is 0.826. The second-order valence-electron chi connectivity index (χ2n) is 2.78. The highest BCUT2D eigenvalue weighted by molar-refractivity contribution is 5.97. The normalized spacial score (nSPS) is 8.88. The summed E-state index contributed by atoms with van der Waals surface area (Å²) < 4.78 is 0. The molecule has 6 nitrogen and oxygen atoms in total. The summed E-state index contributed by atoms with van der Waals surface area (Å²) in [5, 5.41) is 34.8. The molecular formula is C10H4N2O4. The van der Waals surface area contributed by atoms with Crippen LogP contribution in [0.15, 0.2) is 12.1 Å². The molecule has 0 saturated heterocycles. The number of benzene rings is 1. The van der Waals surface area contributed by atoms with E-state index >= 15 is 0 Å². The van der Waals surface area contributed by atoms with Gasteiger partial charge in [-0.1, -0.05) is 0 Å². The van der Waals surface area contributed by atoms with Gasteiger partial charge >= 0.3 is 11.9 Å². The van der Waals surface area contributed by atoms with Crippen LogP contribution in [0.25, 0.3) is 0 Å². The Morgan fingerprint density at radius 1 is 0.938 bits per heavy atom. The summed E-state index contributed by atoms with van der Waals surface area (Å²) in [7, 11) is 0. The Morgan fingerprint density at radius 2 is 1.31 bits per heavy atom. The molecule has 0 heterocycles. The van der Waals surface area contributed by atoms with Gasteiger partial charge in [0.25, 0.3) is 0 Å². The van der Waals surface area contributed by atoms with Crippen LogP contribution in [0.1, 0.15) is 31.8 Å². The molecule has 0 spiro atoms. The standard InChI is InChI=1S/C10H4N2O4/c11-3-5-1-6(4-12)8(10(15)16)2-7(5)9(13)14/h1-2H,(H,13,14)(H,15,16). The minimum atomic E-state index is -1.41. The summed E-state index contributed by atoms with van der Waals surface area (Å²) in [6.07, 6.45) is 0. The lowest BCUT2D eigenvalue weighted by Crippen LogP contribution is -2.07. The third-order valence-corrected chi connectivity index (χ3v) is 1.86. The summed E-state index contributed by atoms with van der Waals surface area (Å²) in [6, 6.07) is 4.94. The first-order valence-electron chi connectivity index (χ1n) is 3.96. The molecule has 1 aromatic rings. The zero-order valence-electron chi connectivity index (χ0n) is 7.76. The van der Waals surface area contributed by atoms with Gasteiger partial charge in [0.1, 0.15) is 12.1 Å². The fraction of sp³-hybridized carbons (Fsp3) is 0. The fourth-order valence-corrected chi connectivity index (χ4v) is 1.14. The first-order chi connectivity index (χ1) is 7.51. The van der Waals surface area contributed by atoms with E-state index in [0.29, 0.717) is 0 Å². The molecule has 16 heavy (non-hydrogen) atoms. The van der Waals surface area contributed by atoms with Gasteiger partial charge in [-0.05, 0) is 12.1 Å². The lowest BCUT2D eigenvalue weighted by Gasteiger charge is -2.02. The molecule has 0 atom stereocenters. The first kappa shape index (κ1) is 11.2. The fourth-order valence-electron chi connectivity index (χ4n) is 1.14. The third-order valence-electron chi connectivity index (χ3n) is 1.86. The highest BCUT2D eigenvalue weighted by Gasteiger charge is 2.18. The number of nitriles is 2. The van der Waals surface area contributed by atoms with E-state index in [1.165, 1.54) is 0 Å². The van der Waals surface area contributed by atoms with E-state index in [-0.39, 0.29) is 11.1 Å². The molecule has 78 valence electrons. The summed E-state index contributed by atoms with van der Waals surface area (Å²) in [5.41, 5.74) is -1.35. The van der Waals surface area contributed by atoms with Crippen LogP contribution < -0.4 is 0 Å². The monoisotopic (exact) mass is 216 g/mol. The molecule has 0 bridgehead atoms. The van der Waals surface area contributed by atoms with Gasteiger partial charge in [0.05, 0.1) is 22.3 Å². The average Bonchev–Trinajstić information content (AvgIpc) is 2.26. The number of carbonyl (C=O) groups is 2. The van der Waals surface area contributed by atoms with Crippen molar-refractivity contribution in [2.75, 3.05) is 0 Å². The van der Waals surface area contributed by atoms with E-state index in [4.69, 9.17) is 20.7 Å². The van der Waals surface area contributed by atoms with Gasteiger partial charge < -0.3 is 10.2 Å². The molecule has 0 amide bonds. The van der Waals surface area contributed by atoms with Gasteiger partial charge in [0.15, 0.2) is 0 Å². The van der Waals surface area contributed by atoms with E-state index < -0.39 is 23.1 Å². The maximum atomic E-state index is 10.7. The Labute approximate surface area is 89.6 Å². The second kappa shape index (κ2) is 4.11. The van der Waals surface area contributed by atoms with E-state index in [0.717, 1.165) is 12.1 Å². The number of aromatic carboxylic acids is 2. The Hall–Kier alpha value is -2.86. The maximum absolute atomic E-state index is 10.7. The van der Waals surface area contributed by atoms with E-state index in [1.54, 1.807) is 12.1 Å². The number of hydrogen-bond acceptors (Lipinski definition) is 4. The van der Waals surface area contributed by atoms with Crippen LogP contribution in [-0.2, 0) is 0 Å². The van der Waals surface area contributed by atoms with Crippen LogP contribution in [0, 0.1) is 22.7 Å². The molecule has 0 aromatic heterocycles. The molecule has 6 heteroatoms. The summed E-state index contributed by atoms with van der Waals surface area (Å²) >= 11 is 0. The molecule has 0 radical (unpaired) electrons. The lowest BCUT2D eigenvalue weighted by molar-refractivity contribution is 0.0695. The summed E-state index contributed by atoms with van der Waals surface area (Å²) in [6.45, 7) is 0. The molecule has 0 unspecified atom stereocenters. The van der Waals surface area contributed by atoms with Gasteiger partial charge in [-0.2, -0.15) is 10.5 Å². The van der Waals surface area contributed by atoms with Gasteiger partial charge in [-0.3, -0.25) is 0 Å². The van der Waals surface area contributed by atoms with Crippen LogP contribution in [0.2, 0.25) is 0 Å². The van der Waals surface area contributed by atoms with Crippen LogP contribution in [0.4, 0.5) is 0 Å². The molecule has 0 aliphatic rings. The number of nitrogens with zero attached hydrogens (tertiary/aromatic N) is 2. The number of rotatable bonds is 2. The topological polar surface area (TPSA) is 122 Å². The Morgan fingerprint density at radius 3 is 1.56 bits per heavy atom. The minimum absolute atomic E-state index is 0.242. The highest BCUT2D eigenvalue weighted by atomic mass is 16.4. The van der Waals surface area contributed by atoms with Crippen LogP contribution in [0.5, 0.6) is 0 Å². The molecule has 1 aromatic carbocycles. The van der Waals surface area contributed by atoms with E-state index in [9.17, 15) is 9.59 Å². The molecule has 1 rings (SSSR count). The van der Waals surface area contributed by atoms with E-state index in [1.807, 2.05) is 0 Å². The zero-order valence-corrected chi connectivity index (χ0v) is 7.76. The maximum Gasteiger partial charge on any atom is 0.337 e. The van der Waals surface area contributed by atoms with Crippen LogP contribution in [-0.4, -0.2) is 22.2 Å². The van der Waals surface area contributed by atoms with Crippen molar-refractivity contribution in [3.05, 3.63) is 34.4 Å². The van der Waals surface area contributed by atoms with E-state index in [2.05, 4.69) is 0 Å². The van der Waals surface area contributed by atoms with Crippen molar-refractivity contribution in [3.8, 4) is 12.1 Å². The van der Waals surface area contributed by atoms with Crippen molar-refractivity contribution in [2.45, 2.75) is 0 Å². The molecule has 0 saturated carbocycles. The third kappa shape index (κ3) is 1.81. The van der Waals surface area contributed by atoms with Gasteiger partial charge in [-0.15, -0.1) is 0 Å². The first-order valence-corrected chi connectivity index (χ1v) is 3.96. The Kier molecular flexibility index (Phi) is 2.88. The zero-order chi connectivity index (χ0) is 12.3. The SMILES string of the molecule is N#Cc1cc(C#N)c(C(=O)O)cc1C(=O)O. The van der Waals surface area contributed by atoms with Crippen molar-refractivity contribution in [1.82, 2.24) is 0 Å². The number of carboxylic acid groups (broad SMARTS) is 2. The molecule has 2 N–H and O–H groups in total. The smallest absolute Gasteiger partial charge is 0.337 e. The quantitative estimate of drug-likeness (QED) is 0.754. The summed E-state index contributed by atoms with van der Waals surface area (Å²) in [4.78, 5) is 21.5. The average molecular weight is 216 g/mol. The van der Waals surface area contributed by atoms with Crippen LogP contribution in [0.3, 0.4) is 0 Å². The van der Waals surface area contributed by atoms with Gasteiger partial charge in [0, 0.05) is 0 Å². The Balaban J connectivity index is 3.63. The second-order valence-corrected chi connectivity index (χ2v) is 2.78. The minimum Gasteiger partial charge on any atom is -0.478 e. The molecule has 0 aliphatic carbocycles. The molecular weight excluding hydrogens is 212 g/mol. The predicted molar refractivity (Wildman–Crippen MR) is 49.8 cm³/mol. The molecule has 0 fully saturated rings. The number of carboxylic acids is 2. The van der Waals surface area contributed by atoms with Crippen molar-refractivity contribution in [1.29, 1.82) is 10.5 Å². The van der Waals surface area contributed by atoms with Crippen molar-refractivity contribution in [3.63, 3.8) is 0 Å². The Bertz CT molecular complexity index is 516.